The fourth-order valence-corrected chi connectivity index (χ4v) is 4.82. The molecule has 0 N–H and O–H groups in total. The summed E-state index contributed by atoms with van der Waals surface area (Å²) in [7, 11) is 0. The highest BCUT2D eigenvalue weighted by molar-refractivity contribution is 5.92. The van der Waals surface area contributed by atoms with Crippen LogP contribution in [0.15, 0.2) is 41.1 Å². The summed E-state index contributed by atoms with van der Waals surface area (Å²) >= 11 is 0. The van der Waals surface area contributed by atoms with Gasteiger partial charge in [0.2, 0.25) is 11.7 Å². The number of benzene rings is 1. The van der Waals surface area contributed by atoms with E-state index in [1.54, 1.807) is 6.20 Å². The first-order chi connectivity index (χ1) is 15.9. The van der Waals surface area contributed by atoms with Crippen molar-refractivity contribution in [2.24, 2.45) is 5.92 Å². The van der Waals surface area contributed by atoms with Gasteiger partial charge < -0.3 is 9.26 Å². The van der Waals surface area contributed by atoms with Gasteiger partial charge in [-0.05, 0) is 44.6 Å². The smallest absolute Gasteiger partial charge is 0.307 e. The van der Waals surface area contributed by atoms with Gasteiger partial charge in [0.25, 0.3) is 0 Å². The number of pyridine rings is 1. The van der Waals surface area contributed by atoms with E-state index in [0.29, 0.717) is 17.4 Å². The molecule has 33 heavy (non-hydrogen) atoms. The Labute approximate surface area is 196 Å². The Hall–Kier alpha value is -2.76. The van der Waals surface area contributed by atoms with Crippen molar-refractivity contribution in [2.75, 3.05) is 0 Å². The maximum atomic E-state index is 12.6. The number of esters is 1. The highest BCUT2D eigenvalue weighted by Gasteiger charge is 2.27. The van der Waals surface area contributed by atoms with Crippen LogP contribution in [0, 0.1) is 5.92 Å². The van der Waals surface area contributed by atoms with Crippen LogP contribution in [0.4, 0.5) is 0 Å². The van der Waals surface area contributed by atoms with E-state index < -0.39 is 5.60 Å². The van der Waals surface area contributed by atoms with Crippen LogP contribution in [-0.2, 0) is 9.53 Å². The summed E-state index contributed by atoms with van der Waals surface area (Å²) in [6, 6.07) is 9.99. The molecule has 0 radical (unpaired) electrons. The molecule has 4 rings (SSSR count). The number of fused-ring (bicyclic) bond motifs is 1. The number of carbonyl (C=O) groups excluding carboxylic acids is 1. The molecule has 2 heterocycles. The fraction of sp³-hybridized carbons (Fsp3) is 0.556. The molecular formula is C27H35N3O3. The molecule has 0 aliphatic heterocycles. The van der Waals surface area contributed by atoms with Crippen LogP contribution in [0.1, 0.15) is 90.4 Å². The molecule has 6 heteroatoms. The van der Waals surface area contributed by atoms with E-state index >= 15 is 0 Å². The lowest BCUT2D eigenvalue weighted by atomic mass is 9.84. The SMILES string of the molecule is CC(C)(C)OC(=O)C[C@@H](CCCC1CCCCC1)c1nc(-c2nccc3ccccc23)no1. The van der Waals surface area contributed by atoms with Crippen molar-refractivity contribution in [1.82, 2.24) is 15.1 Å². The van der Waals surface area contributed by atoms with Crippen molar-refractivity contribution >= 4 is 16.7 Å². The molecule has 0 bridgehead atoms. The topological polar surface area (TPSA) is 78.1 Å². The van der Waals surface area contributed by atoms with Gasteiger partial charge in [0.05, 0.1) is 6.42 Å². The lowest BCUT2D eigenvalue weighted by Gasteiger charge is -2.23. The molecule has 1 aromatic carbocycles. The minimum atomic E-state index is -0.517. The first-order valence-corrected chi connectivity index (χ1v) is 12.3. The zero-order valence-electron chi connectivity index (χ0n) is 20.0. The largest absolute Gasteiger partial charge is 0.460 e. The first-order valence-electron chi connectivity index (χ1n) is 12.3. The Morgan fingerprint density at radius 1 is 1.15 bits per heavy atom. The van der Waals surface area contributed by atoms with Crippen LogP contribution in [0.5, 0.6) is 0 Å². The first kappa shape index (κ1) is 23.4. The average Bonchev–Trinajstić information content (AvgIpc) is 3.27. The third kappa shape index (κ3) is 6.40. The zero-order valence-corrected chi connectivity index (χ0v) is 20.0. The molecule has 1 fully saturated rings. The predicted molar refractivity (Wildman–Crippen MR) is 129 cm³/mol. The van der Waals surface area contributed by atoms with E-state index in [-0.39, 0.29) is 18.3 Å². The fourth-order valence-electron chi connectivity index (χ4n) is 4.82. The zero-order chi connectivity index (χ0) is 23.3. The van der Waals surface area contributed by atoms with Gasteiger partial charge in [-0.3, -0.25) is 9.78 Å². The Morgan fingerprint density at radius 3 is 2.73 bits per heavy atom. The van der Waals surface area contributed by atoms with Crippen molar-refractivity contribution in [3.8, 4) is 11.5 Å². The van der Waals surface area contributed by atoms with Gasteiger partial charge in [0.1, 0.15) is 11.3 Å². The third-order valence-electron chi connectivity index (χ3n) is 6.40. The van der Waals surface area contributed by atoms with Gasteiger partial charge in [0.15, 0.2) is 0 Å². The second-order valence-corrected chi connectivity index (χ2v) is 10.3. The molecule has 176 valence electrons. The molecule has 2 aromatic heterocycles. The summed E-state index contributed by atoms with van der Waals surface area (Å²) < 4.78 is 11.3. The molecule has 0 amide bonds. The van der Waals surface area contributed by atoms with Crippen LogP contribution in [0.2, 0.25) is 0 Å². The Morgan fingerprint density at radius 2 is 1.94 bits per heavy atom. The van der Waals surface area contributed by atoms with Crippen LogP contribution < -0.4 is 0 Å². The summed E-state index contributed by atoms with van der Waals surface area (Å²) in [5.74, 6) is 1.38. The van der Waals surface area contributed by atoms with Gasteiger partial charge in [-0.1, -0.05) is 74.4 Å². The van der Waals surface area contributed by atoms with Crippen LogP contribution in [0.3, 0.4) is 0 Å². The Balaban J connectivity index is 1.51. The number of aromatic nitrogens is 3. The van der Waals surface area contributed by atoms with E-state index in [9.17, 15) is 4.79 Å². The van der Waals surface area contributed by atoms with Crippen LogP contribution >= 0.6 is 0 Å². The highest BCUT2D eigenvalue weighted by atomic mass is 16.6. The maximum absolute atomic E-state index is 12.6. The predicted octanol–water partition coefficient (Wildman–Crippen LogP) is 6.85. The summed E-state index contributed by atoms with van der Waals surface area (Å²) in [6.07, 6.45) is 11.8. The van der Waals surface area contributed by atoms with Gasteiger partial charge in [-0.2, -0.15) is 4.98 Å². The average molecular weight is 450 g/mol. The molecule has 1 saturated carbocycles. The molecule has 1 aliphatic carbocycles. The Kier molecular flexibility index (Phi) is 7.41. The van der Waals surface area contributed by atoms with Gasteiger partial charge in [0, 0.05) is 17.5 Å². The van der Waals surface area contributed by atoms with Crippen LogP contribution in [0.25, 0.3) is 22.3 Å². The van der Waals surface area contributed by atoms with E-state index in [0.717, 1.165) is 29.5 Å². The molecule has 0 spiro atoms. The Bertz CT molecular complexity index is 1060. The maximum Gasteiger partial charge on any atom is 0.307 e. The summed E-state index contributed by atoms with van der Waals surface area (Å²) in [5, 5.41) is 6.29. The normalized spacial score (nSPS) is 16.1. The van der Waals surface area contributed by atoms with Gasteiger partial charge in [-0.25, -0.2) is 0 Å². The van der Waals surface area contributed by atoms with E-state index in [4.69, 9.17) is 14.2 Å². The summed E-state index contributed by atoms with van der Waals surface area (Å²) in [6.45, 7) is 5.67. The lowest BCUT2D eigenvalue weighted by molar-refractivity contribution is -0.155. The molecular weight excluding hydrogens is 414 g/mol. The van der Waals surface area contributed by atoms with E-state index in [1.807, 2.05) is 51.1 Å². The van der Waals surface area contributed by atoms with Crippen molar-refractivity contribution in [2.45, 2.75) is 90.1 Å². The minimum Gasteiger partial charge on any atom is -0.460 e. The second-order valence-electron chi connectivity index (χ2n) is 10.3. The molecule has 0 unspecified atom stereocenters. The molecule has 3 aromatic rings. The number of rotatable bonds is 8. The number of nitrogens with zero attached hydrogens (tertiary/aromatic N) is 3. The van der Waals surface area contributed by atoms with E-state index in [2.05, 4.69) is 10.1 Å². The molecule has 6 nitrogen and oxygen atoms in total. The lowest BCUT2D eigenvalue weighted by Crippen LogP contribution is -2.25. The number of hydrogen-bond acceptors (Lipinski definition) is 6. The quantitative estimate of drug-likeness (QED) is 0.350. The molecule has 1 atom stereocenters. The number of hydrogen-bond donors (Lipinski definition) is 0. The second kappa shape index (κ2) is 10.4. The highest BCUT2D eigenvalue weighted by Crippen LogP contribution is 2.33. The third-order valence-corrected chi connectivity index (χ3v) is 6.40. The molecule has 1 aliphatic rings. The monoisotopic (exact) mass is 449 g/mol. The number of ether oxygens (including phenoxy) is 1. The van der Waals surface area contributed by atoms with Crippen molar-refractivity contribution < 1.29 is 14.1 Å². The van der Waals surface area contributed by atoms with Gasteiger partial charge >= 0.3 is 5.97 Å². The minimum absolute atomic E-state index is 0.153. The summed E-state index contributed by atoms with van der Waals surface area (Å²) in [4.78, 5) is 21.8. The molecule has 0 saturated heterocycles. The van der Waals surface area contributed by atoms with Crippen molar-refractivity contribution in [3.63, 3.8) is 0 Å². The summed E-state index contributed by atoms with van der Waals surface area (Å²) in [5.41, 5.74) is 0.178. The van der Waals surface area contributed by atoms with Crippen molar-refractivity contribution in [1.29, 1.82) is 0 Å². The van der Waals surface area contributed by atoms with Crippen molar-refractivity contribution in [3.05, 3.63) is 42.4 Å². The van der Waals surface area contributed by atoms with Gasteiger partial charge in [-0.15, -0.1) is 0 Å². The standard InChI is InChI=1S/C27H35N3O3/c1-27(2,3)32-23(31)18-21(14-9-12-19-10-5-4-6-11-19)26-29-25(30-33-26)24-22-15-8-7-13-20(22)16-17-28-24/h7-8,13,15-17,19,21H,4-6,9-12,14,18H2,1-3H3/t21-/m1/s1. The van der Waals surface area contributed by atoms with Crippen LogP contribution in [-0.4, -0.2) is 26.7 Å². The van der Waals surface area contributed by atoms with E-state index in [1.165, 1.54) is 38.5 Å². The number of carbonyl (C=O) groups is 1.